The third-order valence-electron chi connectivity index (χ3n) is 5.37. The van der Waals surface area contributed by atoms with Crippen molar-refractivity contribution in [3.05, 3.63) is 34.4 Å². The summed E-state index contributed by atoms with van der Waals surface area (Å²) in [6, 6.07) is 4.36. The normalized spacial score (nSPS) is 20.7. The van der Waals surface area contributed by atoms with E-state index in [0.29, 0.717) is 30.5 Å². The molecule has 27 heavy (non-hydrogen) atoms. The summed E-state index contributed by atoms with van der Waals surface area (Å²) in [6.07, 6.45) is 3.02. The Balaban J connectivity index is 1.84. The molecule has 1 N–H and O–H groups in total. The van der Waals surface area contributed by atoms with Crippen LogP contribution < -0.4 is 0 Å². The summed E-state index contributed by atoms with van der Waals surface area (Å²) in [5.41, 5.74) is 4.70. The molecule has 2 aliphatic heterocycles. The first-order valence-corrected chi connectivity index (χ1v) is 11.1. The van der Waals surface area contributed by atoms with Gasteiger partial charge in [-0.3, -0.25) is 10.0 Å². The average molecular weight is 397 g/mol. The largest absolute Gasteiger partial charge is 0.374 e. The van der Waals surface area contributed by atoms with Crippen molar-refractivity contribution in [1.29, 1.82) is 0 Å². The van der Waals surface area contributed by atoms with E-state index in [9.17, 15) is 18.4 Å². The van der Waals surface area contributed by atoms with Gasteiger partial charge >= 0.3 is 0 Å². The van der Waals surface area contributed by atoms with Crippen molar-refractivity contribution in [3.63, 3.8) is 0 Å². The molecule has 0 aliphatic carbocycles. The van der Waals surface area contributed by atoms with E-state index in [1.807, 2.05) is 0 Å². The number of carbonyl (C=O) groups excluding carboxylic acids is 1. The van der Waals surface area contributed by atoms with Gasteiger partial charge in [-0.25, -0.2) is 13.5 Å². The Morgan fingerprint density at radius 2 is 2.15 bits per heavy atom. The van der Waals surface area contributed by atoms with Gasteiger partial charge < -0.3 is 4.74 Å². The van der Waals surface area contributed by atoms with Crippen molar-refractivity contribution in [2.24, 2.45) is 0 Å². The van der Waals surface area contributed by atoms with Crippen LogP contribution in [0, 0.1) is 0 Å². The van der Waals surface area contributed by atoms with E-state index < -0.39 is 10.0 Å². The zero-order valence-corrected chi connectivity index (χ0v) is 16.7. The summed E-state index contributed by atoms with van der Waals surface area (Å²) >= 11 is 0. The van der Waals surface area contributed by atoms with Crippen LogP contribution in [0.2, 0.25) is 0 Å². The van der Waals surface area contributed by atoms with Crippen LogP contribution in [-0.2, 0) is 32.5 Å². The maximum atomic E-state index is 12.6. The second kappa shape index (κ2) is 8.26. The molecule has 0 saturated carbocycles. The molecule has 0 bridgehead atoms. The summed E-state index contributed by atoms with van der Waals surface area (Å²) in [7, 11) is -3.55. The van der Waals surface area contributed by atoms with Crippen LogP contribution in [0.3, 0.4) is 0 Å². The number of hydroxylamine groups is 2. The van der Waals surface area contributed by atoms with Gasteiger partial charge in [-0.2, -0.15) is 4.31 Å². The number of rotatable bonds is 7. The highest BCUT2D eigenvalue weighted by Crippen LogP contribution is 2.37. The number of fused-ring (bicyclic) bond motifs is 1. The smallest absolute Gasteiger partial charge is 0.233 e. The van der Waals surface area contributed by atoms with E-state index >= 15 is 0 Å². The summed E-state index contributed by atoms with van der Waals surface area (Å²) in [5.74, 6) is 0.0930. The summed E-state index contributed by atoms with van der Waals surface area (Å²) < 4.78 is 32.5. The molecule has 2 aliphatic rings. The van der Waals surface area contributed by atoms with Gasteiger partial charge in [-0.05, 0) is 47.4 Å². The second-order valence-electron chi connectivity index (χ2n) is 7.57. The molecule has 0 spiro atoms. The van der Waals surface area contributed by atoms with Gasteiger partial charge in [0.25, 0.3) is 0 Å². The Bertz CT molecular complexity index is 788. The number of hydrogen-bond acceptors (Lipinski definition) is 5. The lowest BCUT2D eigenvalue weighted by molar-refractivity contribution is -0.148. The SMILES string of the molecule is CC(C)c1cc2c(cc1[C@H]1CCCO1)CN(S(=O)(=O)CCN(O)C=O)CC2. The van der Waals surface area contributed by atoms with Gasteiger partial charge in [-0.15, -0.1) is 0 Å². The number of carbonyl (C=O) groups is 1. The molecule has 2 heterocycles. The van der Waals surface area contributed by atoms with Crippen LogP contribution in [0.1, 0.15) is 61.0 Å². The number of amides is 1. The van der Waals surface area contributed by atoms with Crippen molar-refractivity contribution in [2.75, 3.05) is 25.4 Å². The maximum absolute atomic E-state index is 12.6. The van der Waals surface area contributed by atoms with E-state index in [1.165, 1.54) is 21.0 Å². The molecular formula is C19H28N2O5S. The fourth-order valence-electron chi connectivity index (χ4n) is 3.85. The first-order valence-electron chi connectivity index (χ1n) is 9.47. The molecule has 0 radical (unpaired) electrons. The molecule has 150 valence electrons. The molecule has 1 aromatic carbocycles. The Morgan fingerprint density at radius 3 is 2.78 bits per heavy atom. The Morgan fingerprint density at radius 1 is 1.37 bits per heavy atom. The van der Waals surface area contributed by atoms with Crippen molar-refractivity contribution in [2.45, 2.75) is 51.7 Å². The fourth-order valence-corrected chi connectivity index (χ4v) is 5.23. The minimum Gasteiger partial charge on any atom is -0.374 e. The lowest BCUT2D eigenvalue weighted by Gasteiger charge is -2.30. The highest BCUT2D eigenvalue weighted by atomic mass is 32.2. The van der Waals surface area contributed by atoms with E-state index in [0.717, 1.165) is 25.0 Å². The number of hydrogen-bond donors (Lipinski definition) is 1. The van der Waals surface area contributed by atoms with Crippen LogP contribution in [0.5, 0.6) is 0 Å². The Labute approximate surface area is 160 Å². The van der Waals surface area contributed by atoms with Crippen LogP contribution in [0.25, 0.3) is 0 Å². The summed E-state index contributed by atoms with van der Waals surface area (Å²) in [5, 5.41) is 9.55. The van der Waals surface area contributed by atoms with E-state index in [-0.39, 0.29) is 24.8 Å². The number of ether oxygens (including phenoxy) is 1. The lowest BCUT2D eigenvalue weighted by atomic mass is 9.87. The van der Waals surface area contributed by atoms with Crippen molar-refractivity contribution < 1.29 is 23.2 Å². The van der Waals surface area contributed by atoms with Crippen LogP contribution in [0.4, 0.5) is 0 Å². The standard InChI is InChI=1S/C19H28N2O5S/c1-14(2)17-10-15-5-6-21(27(24,25)9-7-20(23)13-22)12-16(15)11-18(17)19-4-3-8-26-19/h10-11,13-14,19,23H,3-9,12H2,1-2H3/t19-/m1/s1. The number of benzene rings is 1. The second-order valence-corrected chi connectivity index (χ2v) is 9.66. The molecule has 0 aromatic heterocycles. The first kappa shape index (κ1) is 20.3. The highest BCUT2D eigenvalue weighted by Gasteiger charge is 2.30. The van der Waals surface area contributed by atoms with Crippen LogP contribution >= 0.6 is 0 Å². The summed E-state index contributed by atoms with van der Waals surface area (Å²) in [6.45, 7) is 5.62. The first-order chi connectivity index (χ1) is 12.8. The lowest BCUT2D eigenvalue weighted by Crippen LogP contribution is -2.40. The summed E-state index contributed by atoms with van der Waals surface area (Å²) in [4.78, 5) is 10.5. The fraction of sp³-hybridized carbons (Fsp3) is 0.632. The van der Waals surface area contributed by atoms with Gasteiger partial charge in [-0.1, -0.05) is 26.0 Å². The Kier molecular flexibility index (Phi) is 6.20. The van der Waals surface area contributed by atoms with Crippen molar-refractivity contribution in [3.8, 4) is 0 Å². The predicted octanol–water partition coefficient (Wildman–Crippen LogP) is 2.20. The number of sulfonamides is 1. The molecule has 8 heteroatoms. The van der Waals surface area contributed by atoms with E-state index in [2.05, 4.69) is 26.0 Å². The monoisotopic (exact) mass is 396 g/mol. The van der Waals surface area contributed by atoms with Gasteiger partial charge in [0, 0.05) is 19.7 Å². The molecule has 1 fully saturated rings. The van der Waals surface area contributed by atoms with Gasteiger partial charge in [0.15, 0.2) is 0 Å². The van der Waals surface area contributed by atoms with Crippen LogP contribution in [-0.4, -0.2) is 54.9 Å². The predicted molar refractivity (Wildman–Crippen MR) is 101 cm³/mol. The van der Waals surface area contributed by atoms with Gasteiger partial charge in [0.05, 0.1) is 18.4 Å². The molecular weight excluding hydrogens is 368 g/mol. The minimum atomic E-state index is -3.55. The zero-order valence-electron chi connectivity index (χ0n) is 15.9. The zero-order chi connectivity index (χ0) is 19.6. The van der Waals surface area contributed by atoms with E-state index in [1.54, 1.807) is 0 Å². The molecule has 0 unspecified atom stereocenters. The molecule has 1 atom stereocenters. The van der Waals surface area contributed by atoms with Crippen molar-refractivity contribution >= 4 is 16.4 Å². The molecule has 1 amide bonds. The minimum absolute atomic E-state index is 0.0928. The van der Waals surface area contributed by atoms with Crippen molar-refractivity contribution in [1.82, 2.24) is 9.37 Å². The molecule has 7 nitrogen and oxygen atoms in total. The Hall–Kier alpha value is -1.48. The number of nitrogens with zero attached hydrogens (tertiary/aromatic N) is 2. The van der Waals surface area contributed by atoms with Gasteiger partial charge in [0.2, 0.25) is 16.4 Å². The van der Waals surface area contributed by atoms with Gasteiger partial charge in [0.1, 0.15) is 0 Å². The highest BCUT2D eigenvalue weighted by molar-refractivity contribution is 7.89. The molecule has 1 saturated heterocycles. The molecule has 1 aromatic rings. The average Bonchev–Trinajstić information content (AvgIpc) is 3.19. The quantitative estimate of drug-likeness (QED) is 0.434. The third kappa shape index (κ3) is 4.51. The van der Waals surface area contributed by atoms with E-state index in [4.69, 9.17) is 4.74 Å². The topological polar surface area (TPSA) is 87.2 Å². The third-order valence-corrected chi connectivity index (χ3v) is 7.17. The van der Waals surface area contributed by atoms with Crippen LogP contribution in [0.15, 0.2) is 12.1 Å². The maximum Gasteiger partial charge on any atom is 0.233 e. The molecule has 3 rings (SSSR count).